The number of amides is 1. The molecule has 1 fully saturated rings. The SMILES string of the molecule is C[C@@H]1[C@H](N(C)CCO)CCN1CC(=O)NCc1ccco1. The van der Waals surface area contributed by atoms with Crippen molar-refractivity contribution < 1.29 is 14.3 Å². The Morgan fingerprint density at radius 2 is 2.43 bits per heavy atom. The van der Waals surface area contributed by atoms with E-state index < -0.39 is 0 Å². The van der Waals surface area contributed by atoms with Crippen molar-refractivity contribution in [3.8, 4) is 0 Å². The normalized spacial score (nSPS) is 22.9. The van der Waals surface area contributed by atoms with Crippen molar-refractivity contribution >= 4 is 5.91 Å². The molecule has 0 unspecified atom stereocenters. The van der Waals surface area contributed by atoms with Gasteiger partial charge in [-0.1, -0.05) is 0 Å². The van der Waals surface area contributed by atoms with Gasteiger partial charge in [-0.05, 0) is 32.5 Å². The Labute approximate surface area is 125 Å². The molecule has 1 aliphatic heterocycles. The highest BCUT2D eigenvalue weighted by Crippen LogP contribution is 2.21. The largest absolute Gasteiger partial charge is 0.467 e. The molecule has 1 amide bonds. The lowest BCUT2D eigenvalue weighted by Gasteiger charge is -2.30. The standard InChI is InChI=1S/C15H25N3O3/c1-12-14(17(2)7-8-19)5-6-18(12)11-15(20)16-10-13-4-3-9-21-13/h3-4,9,12,14,19H,5-8,10-11H2,1-2H3,(H,16,20)/t12-,14-/m1/s1. The lowest BCUT2D eigenvalue weighted by atomic mass is 10.1. The van der Waals surface area contributed by atoms with Crippen molar-refractivity contribution in [2.75, 3.05) is 33.3 Å². The molecule has 21 heavy (non-hydrogen) atoms. The van der Waals surface area contributed by atoms with Crippen LogP contribution in [-0.2, 0) is 11.3 Å². The first-order chi connectivity index (χ1) is 10.1. The van der Waals surface area contributed by atoms with Crippen LogP contribution in [0.4, 0.5) is 0 Å². The summed E-state index contributed by atoms with van der Waals surface area (Å²) in [5.74, 6) is 0.780. The van der Waals surface area contributed by atoms with Gasteiger partial charge in [-0.2, -0.15) is 0 Å². The molecule has 1 saturated heterocycles. The molecule has 2 N–H and O–H groups in total. The fraction of sp³-hybridized carbons (Fsp3) is 0.667. The zero-order valence-corrected chi connectivity index (χ0v) is 12.8. The summed E-state index contributed by atoms with van der Waals surface area (Å²) in [4.78, 5) is 16.4. The number of likely N-dealkylation sites (tertiary alicyclic amines) is 1. The van der Waals surface area contributed by atoms with Crippen LogP contribution in [0.25, 0.3) is 0 Å². The van der Waals surface area contributed by atoms with Crippen molar-refractivity contribution in [2.24, 2.45) is 0 Å². The number of carbonyl (C=O) groups excluding carboxylic acids is 1. The average Bonchev–Trinajstić information content (AvgIpc) is 3.08. The van der Waals surface area contributed by atoms with E-state index in [1.807, 2.05) is 19.2 Å². The highest BCUT2D eigenvalue weighted by atomic mass is 16.3. The van der Waals surface area contributed by atoms with E-state index >= 15 is 0 Å². The third-order valence-corrected chi connectivity index (χ3v) is 4.25. The Morgan fingerprint density at radius 3 is 3.10 bits per heavy atom. The summed E-state index contributed by atoms with van der Waals surface area (Å²) in [6.45, 7) is 4.74. The van der Waals surface area contributed by atoms with E-state index in [1.165, 1.54) is 0 Å². The first kappa shape index (κ1) is 16.0. The second-order valence-electron chi connectivity index (χ2n) is 5.63. The Balaban J connectivity index is 1.76. The predicted octanol–water partition coefficient (Wildman–Crippen LogP) is 0.283. The van der Waals surface area contributed by atoms with E-state index in [0.717, 1.165) is 18.7 Å². The quantitative estimate of drug-likeness (QED) is 0.756. The molecule has 0 saturated carbocycles. The summed E-state index contributed by atoms with van der Waals surface area (Å²) >= 11 is 0. The van der Waals surface area contributed by atoms with Crippen molar-refractivity contribution in [2.45, 2.75) is 32.0 Å². The zero-order valence-electron chi connectivity index (χ0n) is 12.8. The summed E-state index contributed by atoms with van der Waals surface area (Å²) in [5, 5.41) is 11.9. The third kappa shape index (κ3) is 4.30. The first-order valence-electron chi connectivity index (χ1n) is 7.46. The van der Waals surface area contributed by atoms with E-state index in [1.54, 1.807) is 6.26 Å². The molecule has 1 aromatic rings. The van der Waals surface area contributed by atoms with Crippen LogP contribution >= 0.6 is 0 Å². The van der Waals surface area contributed by atoms with Crippen molar-refractivity contribution in [3.05, 3.63) is 24.2 Å². The van der Waals surface area contributed by atoms with Crippen LogP contribution in [-0.4, -0.2) is 66.2 Å². The fourth-order valence-corrected chi connectivity index (χ4v) is 2.96. The van der Waals surface area contributed by atoms with E-state index in [9.17, 15) is 4.79 Å². The number of carbonyl (C=O) groups is 1. The van der Waals surface area contributed by atoms with Gasteiger partial charge in [-0.25, -0.2) is 0 Å². The van der Waals surface area contributed by atoms with Crippen LogP contribution in [0.3, 0.4) is 0 Å². The first-order valence-corrected chi connectivity index (χ1v) is 7.46. The minimum Gasteiger partial charge on any atom is -0.467 e. The number of nitrogens with one attached hydrogen (secondary N) is 1. The maximum Gasteiger partial charge on any atom is 0.234 e. The van der Waals surface area contributed by atoms with E-state index in [0.29, 0.717) is 31.7 Å². The molecule has 118 valence electrons. The van der Waals surface area contributed by atoms with Crippen LogP contribution in [0.2, 0.25) is 0 Å². The molecular weight excluding hydrogens is 270 g/mol. The third-order valence-electron chi connectivity index (χ3n) is 4.25. The van der Waals surface area contributed by atoms with Crippen LogP contribution in [0.1, 0.15) is 19.1 Å². The van der Waals surface area contributed by atoms with Gasteiger partial charge in [0.15, 0.2) is 0 Å². The Bertz CT molecular complexity index is 435. The number of hydrogen-bond acceptors (Lipinski definition) is 5. The van der Waals surface area contributed by atoms with Crippen molar-refractivity contribution in [1.29, 1.82) is 0 Å². The molecule has 1 aromatic heterocycles. The van der Waals surface area contributed by atoms with Gasteiger partial charge < -0.3 is 14.8 Å². The van der Waals surface area contributed by atoms with Gasteiger partial charge >= 0.3 is 0 Å². The van der Waals surface area contributed by atoms with E-state index in [-0.39, 0.29) is 12.5 Å². The van der Waals surface area contributed by atoms with Crippen molar-refractivity contribution in [1.82, 2.24) is 15.1 Å². The summed E-state index contributed by atoms with van der Waals surface area (Å²) in [5.41, 5.74) is 0. The lowest BCUT2D eigenvalue weighted by molar-refractivity contribution is -0.122. The number of furan rings is 1. The van der Waals surface area contributed by atoms with Crippen LogP contribution in [0, 0.1) is 0 Å². The number of aliphatic hydroxyl groups excluding tert-OH is 1. The second-order valence-corrected chi connectivity index (χ2v) is 5.63. The second kappa shape index (κ2) is 7.59. The number of likely N-dealkylation sites (N-methyl/N-ethyl adjacent to an activating group) is 1. The molecule has 0 spiro atoms. The number of hydrogen-bond donors (Lipinski definition) is 2. The van der Waals surface area contributed by atoms with Gasteiger partial charge in [0.25, 0.3) is 0 Å². The molecule has 0 radical (unpaired) electrons. The Hall–Kier alpha value is -1.37. The number of nitrogens with zero attached hydrogens (tertiary/aromatic N) is 2. The van der Waals surface area contributed by atoms with Gasteiger partial charge in [0, 0.05) is 25.2 Å². The van der Waals surface area contributed by atoms with Gasteiger partial charge in [0.2, 0.25) is 5.91 Å². The monoisotopic (exact) mass is 295 g/mol. The molecule has 2 atom stereocenters. The highest BCUT2D eigenvalue weighted by Gasteiger charge is 2.33. The van der Waals surface area contributed by atoms with Crippen LogP contribution in [0.15, 0.2) is 22.8 Å². The topological polar surface area (TPSA) is 69.0 Å². The van der Waals surface area contributed by atoms with E-state index in [4.69, 9.17) is 9.52 Å². The van der Waals surface area contributed by atoms with Crippen molar-refractivity contribution in [3.63, 3.8) is 0 Å². The molecule has 0 bridgehead atoms. The average molecular weight is 295 g/mol. The van der Waals surface area contributed by atoms with Crippen LogP contribution in [0.5, 0.6) is 0 Å². The highest BCUT2D eigenvalue weighted by molar-refractivity contribution is 5.78. The number of aliphatic hydroxyl groups is 1. The summed E-state index contributed by atoms with van der Waals surface area (Å²) in [7, 11) is 2.03. The van der Waals surface area contributed by atoms with Crippen LogP contribution < -0.4 is 5.32 Å². The molecule has 0 aromatic carbocycles. The lowest BCUT2D eigenvalue weighted by Crippen LogP contribution is -2.45. The predicted molar refractivity (Wildman–Crippen MR) is 79.7 cm³/mol. The minimum atomic E-state index is 0.0173. The Kier molecular flexibility index (Phi) is 5.78. The molecule has 6 nitrogen and oxygen atoms in total. The summed E-state index contributed by atoms with van der Waals surface area (Å²) < 4.78 is 5.19. The molecule has 2 heterocycles. The van der Waals surface area contributed by atoms with E-state index in [2.05, 4.69) is 22.0 Å². The maximum absolute atomic E-state index is 12.0. The van der Waals surface area contributed by atoms with Gasteiger partial charge in [-0.3, -0.25) is 14.6 Å². The molecule has 2 rings (SSSR count). The summed E-state index contributed by atoms with van der Waals surface area (Å²) in [6.07, 6.45) is 2.63. The van der Waals surface area contributed by atoms with Gasteiger partial charge in [0.1, 0.15) is 5.76 Å². The molecule has 1 aliphatic rings. The zero-order chi connectivity index (χ0) is 15.2. The Morgan fingerprint density at radius 1 is 1.62 bits per heavy atom. The minimum absolute atomic E-state index is 0.0173. The summed E-state index contributed by atoms with van der Waals surface area (Å²) in [6, 6.07) is 4.37. The van der Waals surface area contributed by atoms with Gasteiger partial charge in [0.05, 0.1) is 26.0 Å². The fourth-order valence-electron chi connectivity index (χ4n) is 2.96. The molecule has 0 aliphatic carbocycles. The molecule has 6 heteroatoms. The number of rotatable bonds is 7. The van der Waals surface area contributed by atoms with Gasteiger partial charge in [-0.15, -0.1) is 0 Å². The maximum atomic E-state index is 12.0. The smallest absolute Gasteiger partial charge is 0.234 e. The molecular formula is C15H25N3O3.